The van der Waals surface area contributed by atoms with Gasteiger partial charge < -0.3 is 4.43 Å². The van der Waals surface area contributed by atoms with Crippen LogP contribution in [0.2, 0.25) is 18.1 Å². The number of hydrogen-bond acceptors (Lipinski definition) is 2. The summed E-state index contributed by atoms with van der Waals surface area (Å²) in [5.74, 6) is 2.62. The average Bonchev–Trinajstić information content (AvgIpc) is 2.49. The predicted octanol–water partition coefficient (Wildman–Crippen LogP) is 6.60. The summed E-state index contributed by atoms with van der Waals surface area (Å²) in [6.07, 6.45) is 8.28. The van der Waals surface area contributed by atoms with E-state index in [4.69, 9.17) is 4.43 Å². The van der Waals surface area contributed by atoms with Crippen molar-refractivity contribution < 1.29 is 9.22 Å². The molecule has 0 aromatic carbocycles. The first kappa shape index (κ1) is 20.6. The molecule has 0 radical (unpaired) electrons. The van der Waals surface area contributed by atoms with Gasteiger partial charge in [-0.15, -0.1) is 0 Å². The van der Waals surface area contributed by atoms with Crippen molar-refractivity contribution >= 4 is 14.1 Å². The summed E-state index contributed by atoms with van der Waals surface area (Å²) in [5, 5.41) is 0.261. The topological polar surface area (TPSA) is 26.3 Å². The van der Waals surface area contributed by atoms with E-state index in [9.17, 15) is 4.79 Å². The Bertz CT molecular complexity index is 559. The van der Waals surface area contributed by atoms with Gasteiger partial charge in [0.25, 0.3) is 0 Å². The Kier molecular flexibility index (Phi) is 5.10. The Morgan fingerprint density at radius 3 is 2.31 bits per heavy atom. The van der Waals surface area contributed by atoms with Crippen LogP contribution in [0.3, 0.4) is 0 Å². The molecule has 0 spiro atoms. The van der Waals surface area contributed by atoms with Gasteiger partial charge in [0.05, 0.1) is 6.10 Å². The minimum atomic E-state index is -1.76. The molecule has 0 unspecified atom stereocenters. The third-order valence-corrected chi connectivity index (χ3v) is 13.7. The molecule has 3 fully saturated rings. The predicted molar refractivity (Wildman–Crippen MR) is 112 cm³/mol. The lowest BCUT2D eigenvalue weighted by molar-refractivity contribution is -0.159. The smallest absolute Gasteiger partial charge is 0.192 e. The van der Waals surface area contributed by atoms with Gasteiger partial charge in [-0.05, 0) is 78.8 Å². The first-order chi connectivity index (χ1) is 11.8. The second-order valence-corrected chi connectivity index (χ2v) is 16.8. The van der Waals surface area contributed by atoms with Gasteiger partial charge in [-0.3, -0.25) is 4.79 Å². The fourth-order valence-electron chi connectivity index (χ4n) is 6.51. The van der Waals surface area contributed by atoms with Gasteiger partial charge in [-0.25, -0.2) is 0 Å². The van der Waals surface area contributed by atoms with E-state index < -0.39 is 8.32 Å². The molecular weight excluding hydrogens is 336 g/mol. The molecule has 0 aromatic rings. The van der Waals surface area contributed by atoms with E-state index in [1.165, 1.54) is 25.7 Å². The Balaban J connectivity index is 1.85. The minimum absolute atomic E-state index is 0.202. The first-order valence-corrected chi connectivity index (χ1v) is 13.9. The number of ketones is 1. The molecule has 26 heavy (non-hydrogen) atoms. The van der Waals surface area contributed by atoms with Crippen LogP contribution in [0.15, 0.2) is 0 Å². The Labute approximate surface area is 163 Å². The van der Waals surface area contributed by atoms with E-state index in [1.807, 2.05) is 0 Å². The van der Waals surface area contributed by atoms with E-state index in [-0.39, 0.29) is 10.5 Å². The highest BCUT2D eigenvalue weighted by atomic mass is 28.4. The van der Waals surface area contributed by atoms with Crippen LogP contribution in [0, 0.1) is 28.6 Å². The molecule has 0 aliphatic heterocycles. The summed E-state index contributed by atoms with van der Waals surface area (Å²) in [6.45, 7) is 19.3. The van der Waals surface area contributed by atoms with Gasteiger partial charge in [0, 0.05) is 12.8 Å². The van der Waals surface area contributed by atoms with Gasteiger partial charge in [0.1, 0.15) is 5.78 Å². The fourth-order valence-corrected chi connectivity index (χ4v) is 8.00. The van der Waals surface area contributed by atoms with E-state index in [0.29, 0.717) is 29.1 Å². The maximum absolute atomic E-state index is 12.2. The number of hydrogen-bond donors (Lipinski definition) is 0. The van der Waals surface area contributed by atoms with Crippen LogP contribution in [0.4, 0.5) is 0 Å². The lowest BCUT2D eigenvalue weighted by atomic mass is 9.44. The molecule has 2 nitrogen and oxygen atoms in total. The molecule has 0 saturated heterocycles. The fraction of sp³-hybridized carbons (Fsp3) is 0.957. The number of fused-ring (bicyclic) bond motifs is 3. The summed E-state index contributed by atoms with van der Waals surface area (Å²) in [5.41, 5.74) is 0.532. The van der Waals surface area contributed by atoms with Crippen molar-refractivity contribution in [3.63, 3.8) is 0 Å². The zero-order valence-electron chi connectivity index (χ0n) is 18.6. The number of carbonyl (C=O) groups is 1. The molecule has 0 amide bonds. The molecule has 150 valence electrons. The normalized spacial score (nSPS) is 40.7. The van der Waals surface area contributed by atoms with Crippen LogP contribution < -0.4 is 0 Å². The van der Waals surface area contributed by atoms with Crippen molar-refractivity contribution in [2.75, 3.05) is 0 Å². The van der Waals surface area contributed by atoms with Crippen molar-refractivity contribution in [3.8, 4) is 0 Å². The van der Waals surface area contributed by atoms with Gasteiger partial charge >= 0.3 is 0 Å². The number of rotatable bonds is 2. The summed E-state index contributed by atoms with van der Waals surface area (Å²) in [7, 11) is -1.76. The average molecular weight is 379 g/mol. The van der Waals surface area contributed by atoms with E-state index in [1.54, 1.807) is 0 Å². The van der Waals surface area contributed by atoms with Crippen molar-refractivity contribution in [2.45, 2.75) is 111 Å². The highest BCUT2D eigenvalue weighted by Gasteiger charge is 2.59. The summed E-state index contributed by atoms with van der Waals surface area (Å²) >= 11 is 0. The van der Waals surface area contributed by atoms with Crippen LogP contribution in [0.1, 0.15) is 86.5 Å². The van der Waals surface area contributed by atoms with Crippen molar-refractivity contribution in [1.82, 2.24) is 0 Å². The molecule has 0 heterocycles. The highest BCUT2D eigenvalue weighted by Crippen LogP contribution is 2.64. The quantitative estimate of drug-likeness (QED) is 0.506. The van der Waals surface area contributed by atoms with Crippen molar-refractivity contribution in [3.05, 3.63) is 0 Å². The number of carbonyl (C=O) groups excluding carboxylic acids is 1. The zero-order chi connectivity index (χ0) is 19.5. The molecule has 0 aromatic heterocycles. The van der Waals surface area contributed by atoms with Gasteiger partial charge in [0.2, 0.25) is 0 Å². The monoisotopic (exact) mass is 378 g/mol. The van der Waals surface area contributed by atoms with Crippen LogP contribution in [-0.2, 0) is 9.22 Å². The first-order valence-electron chi connectivity index (χ1n) is 11.0. The second-order valence-electron chi connectivity index (χ2n) is 12.0. The van der Waals surface area contributed by atoms with Gasteiger partial charge in [0.15, 0.2) is 8.32 Å². The van der Waals surface area contributed by atoms with E-state index in [2.05, 4.69) is 54.6 Å². The van der Waals surface area contributed by atoms with Crippen LogP contribution >= 0.6 is 0 Å². The van der Waals surface area contributed by atoms with Crippen LogP contribution in [-0.4, -0.2) is 20.2 Å². The molecule has 5 atom stereocenters. The Morgan fingerprint density at radius 2 is 1.69 bits per heavy atom. The maximum atomic E-state index is 12.2. The third kappa shape index (κ3) is 3.25. The third-order valence-electron chi connectivity index (χ3n) is 9.20. The van der Waals surface area contributed by atoms with Crippen molar-refractivity contribution in [1.29, 1.82) is 0 Å². The molecular formula is C23H42O2Si. The Morgan fingerprint density at radius 1 is 1.04 bits per heavy atom. The number of Topliss-reactive ketones (excluding diaryl/α,β-unsaturated/α-hetero) is 1. The summed E-state index contributed by atoms with van der Waals surface area (Å²) in [4.78, 5) is 12.2. The van der Waals surface area contributed by atoms with Gasteiger partial charge in [-0.1, -0.05) is 41.5 Å². The highest BCUT2D eigenvalue weighted by molar-refractivity contribution is 6.74. The molecule has 3 rings (SSSR count). The standard InChI is InChI=1S/C23H42O2Si/c1-21(2,3)26(7,8)25-20-13-14-23(6)18-15-17(24)11-9-16(18)10-12-19(23)22(20,4)5/h16,18-20H,9-15H2,1-8H3/t16-,18+,19+,20+,23-/m0/s1. The maximum Gasteiger partial charge on any atom is 0.192 e. The van der Waals surface area contributed by atoms with Crippen LogP contribution in [0.25, 0.3) is 0 Å². The molecule has 3 aliphatic rings. The summed E-state index contributed by atoms with van der Waals surface area (Å²) < 4.78 is 6.98. The van der Waals surface area contributed by atoms with Crippen molar-refractivity contribution in [2.24, 2.45) is 28.6 Å². The van der Waals surface area contributed by atoms with Gasteiger partial charge in [-0.2, -0.15) is 0 Å². The van der Waals surface area contributed by atoms with E-state index >= 15 is 0 Å². The second kappa shape index (κ2) is 6.44. The lowest BCUT2D eigenvalue weighted by Crippen LogP contribution is -2.59. The minimum Gasteiger partial charge on any atom is -0.413 e. The van der Waals surface area contributed by atoms with E-state index in [0.717, 1.165) is 25.2 Å². The summed E-state index contributed by atoms with van der Waals surface area (Å²) in [6, 6.07) is 0. The SMILES string of the molecule is CC1(C)[C@H]2CC[C@@H]3CCC(=O)C[C@H]3[C@]2(C)CC[C@H]1O[Si](C)(C)C(C)(C)C. The Hall–Kier alpha value is -0.153. The molecule has 0 N–H and O–H groups in total. The molecule has 3 aliphatic carbocycles. The molecule has 3 heteroatoms. The molecule has 3 saturated carbocycles. The lowest BCUT2D eigenvalue weighted by Gasteiger charge is -2.63. The van der Waals surface area contributed by atoms with Crippen LogP contribution in [0.5, 0.6) is 0 Å². The molecule has 0 bridgehead atoms. The largest absolute Gasteiger partial charge is 0.413 e. The zero-order valence-corrected chi connectivity index (χ0v) is 19.6.